The molecule has 0 spiro atoms. The number of ether oxygens (including phenoxy) is 4. The largest absolute Gasteiger partial charge is 0.465 e. The molecule has 0 radical (unpaired) electrons. The van der Waals surface area contributed by atoms with Crippen LogP contribution in [-0.4, -0.2) is 52.2 Å². The van der Waals surface area contributed by atoms with Crippen molar-refractivity contribution in [2.45, 2.75) is 47.0 Å². The van der Waals surface area contributed by atoms with Gasteiger partial charge in [0, 0.05) is 19.6 Å². The molecule has 132 valence electrons. The highest BCUT2D eigenvalue weighted by Crippen LogP contribution is 1.99. The summed E-state index contributed by atoms with van der Waals surface area (Å²) in [5, 5.41) is 0. The lowest BCUT2D eigenvalue weighted by molar-refractivity contribution is -0.145. The average Bonchev–Trinajstić information content (AvgIpc) is 2.45. The summed E-state index contributed by atoms with van der Waals surface area (Å²) in [5.74, 6) is 0.913. The first-order valence-electron chi connectivity index (χ1n) is 8.41. The Labute approximate surface area is 135 Å². The Morgan fingerprint density at radius 2 is 1.32 bits per heavy atom. The highest BCUT2D eigenvalue weighted by Gasteiger charge is 2.03. The van der Waals surface area contributed by atoms with E-state index in [1.165, 1.54) is 0 Å². The zero-order valence-corrected chi connectivity index (χ0v) is 14.8. The molecule has 22 heavy (non-hydrogen) atoms. The van der Waals surface area contributed by atoms with Gasteiger partial charge in [0.2, 0.25) is 0 Å². The standard InChI is InChI=1S/C17H34O5/c1-15(2)7-9-20-11-13-21-12-10-19-8-5-6-17(18)22-14-16(3)4/h15-16H,5-14H2,1-4H3. The molecule has 0 aromatic rings. The molecule has 0 fully saturated rings. The number of hydrogen-bond acceptors (Lipinski definition) is 5. The monoisotopic (exact) mass is 318 g/mol. The molecule has 0 heterocycles. The molecule has 0 aliphatic rings. The van der Waals surface area contributed by atoms with E-state index in [9.17, 15) is 4.79 Å². The minimum absolute atomic E-state index is 0.146. The molecule has 0 aliphatic carbocycles. The van der Waals surface area contributed by atoms with Crippen LogP contribution < -0.4 is 0 Å². The third-order valence-electron chi connectivity index (χ3n) is 2.83. The SMILES string of the molecule is CC(C)CCOCCOCCOCCCC(=O)OCC(C)C. The van der Waals surface area contributed by atoms with Gasteiger partial charge in [-0.2, -0.15) is 0 Å². The Hall–Kier alpha value is -0.650. The van der Waals surface area contributed by atoms with E-state index < -0.39 is 0 Å². The van der Waals surface area contributed by atoms with Crippen molar-refractivity contribution in [1.82, 2.24) is 0 Å². The molecule has 0 bridgehead atoms. The predicted octanol–water partition coefficient (Wildman–Crippen LogP) is 3.06. The van der Waals surface area contributed by atoms with Crippen molar-refractivity contribution in [1.29, 1.82) is 0 Å². The van der Waals surface area contributed by atoms with Gasteiger partial charge in [-0.1, -0.05) is 27.7 Å². The van der Waals surface area contributed by atoms with Crippen molar-refractivity contribution in [3.63, 3.8) is 0 Å². The van der Waals surface area contributed by atoms with Crippen LogP contribution in [0.5, 0.6) is 0 Å². The van der Waals surface area contributed by atoms with Crippen LogP contribution >= 0.6 is 0 Å². The first kappa shape index (κ1) is 21.4. The van der Waals surface area contributed by atoms with Gasteiger partial charge in [-0.25, -0.2) is 0 Å². The van der Waals surface area contributed by atoms with Crippen LogP contribution in [0.15, 0.2) is 0 Å². The fourth-order valence-electron chi connectivity index (χ4n) is 1.51. The number of rotatable bonds is 15. The summed E-state index contributed by atoms with van der Waals surface area (Å²) >= 11 is 0. The second-order valence-electron chi connectivity index (χ2n) is 6.20. The van der Waals surface area contributed by atoms with E-state index in [0.717, 1.165) is 13.0 Å². The molecule has 0 atom stereocenters. The Morgan fingerprint density at radius 3 is 1.86 bits per heavy atom. The Bertz CT molecular complexity index is 253. The summed E-state index contributed by atoms with van der Waals surface area (Å²) in [4.78, 5) is 11.3. The number of esters is 1. The predicted molar refractivity (Wildman–Crippen MR) is 86.9 cm³/mol. The minimum Gasteiger partial charge on any atom is -0.465 e. The molecule has 0 saturated carbocycles. The van der Waals surface area contributed by atoms with Crippen molar-refractivity contribution in [3.05, 3.63) is 0 Å². The van der Waals surface area contributed by atoms with Gasteiger partial charge in [-0.05, 0) is 24.7 Å². The molecule has 0 amide bonds. The quantitative estimate of drug-likeness (QED) is 0.343. The molecule has 5 heteroatoms. The molecule has 0 aromatic carbocycles. The third-order valence-corrected chi connectivity index (χ3v) is 2.83. The zero-order chi connectivity index (χ0) is 16.6. The second kappa shape index (κ2) is 15.3. The van der Waals surface area contributed by atoms with Crippen LogP contribution in [0, 0.1) is 11.8 Å². The summed E-state index contributed by atoms with van der Waals surface area (Å²) in [6, 6.07) is 0. The smallest absolute Gasteiger partial charge is 0.305 e. The summed E-state index contributed by atoms with van der Waals surface area (Å²) < 4.78 is 21.3. The summed E-state index contributed by atoms with van der Waals surface area (Å²) in [7, 11) is 0. The maximum atomic E-state index is 11.3. The number of carbonyl (C=O) groups excluding carboxylic acids is 1. The van der Waals surface area contributed by atoms with E-state index in [4.69, 9.17) is 18.9 Å². The van der Waals surface area contributed by atoms with E-state index in [1.807, 2.05) is 13.8 Å². The normalized spacial score (nSPS) is 11.4. The highest BCUT2D eigenvalue weighted by molar-refractivity contribution is 5.69. The maximum Gasteiger partial charge on any atom is 0.305 e. The minimum atomic E-state index is -0.146. The van der Waals surface area contributed by atoms with Crippen molar-refractivity contribution in [2.24, 2.45) is 11.8 Å². The molecule has 0 aliphatic heterocycles. The van der Waals surface area contributed by atoms with Crippen LogP contribution in [0.2, 0.25) is 0 Å². The van der Waals surface area contributed by atoms with Crippen LogP contribution in [0.3, 0.4) is 0 Å². The van der Waals surface area contributed by atoms with Crippen LogP contribution in [0.25, 0.3) is 0 Å². The Balaban J connectivity index is 3.12. The van der Waals surface area contributed by atoms with Crippen LogP contribution in [0.4, 0.5) is 0 Å². The van der Waals surface area contributed by atoms with Crippen LogP contribution in [0.1, 0.15) is 47.0 Å². The lowest BCUT2D eigenvalue weighted by Crippen LogP contribution is -2.12. The van der Waals surface area contributed by atoms with Crippen LogP contribution in [-0.2, 0) is 23.7 Å². The second-order valence-corrected chi connectivity index (χ2v) is 6.20. The van der Waals surface area contributed by atoms with Gasteiger partial charge in [-0.15, -0.1) is 0 Å². The van der Waals surface area contributed by atoms with Gasteiger partial charge in [0.25, 0.3) is 0 Å². The van der Waals surface area contributed by atoms with Crippen molar-refractivity contribution < 1.29 is 23.7 Å². The summed E-state index contributed by atoms with van der Waals surface area (Å²) in [5.41, 5.74) is 0. The summed E-state index contributed by atoms with van der Waals surface area (Å²) in [6.45, 7) is 12.6. The van der Waals surface area contributed by atoms with Gasteiger partial charge < -0.3 is 18.9 Å². The third kappa shape index (κ3) is 17.4. The van der Waals surface area contributed by atoms with Gasteiger partial charge in [0.15, 0.2) is 0 Å². The fraction of sp³-hybridized carbons (Fsp3) is 0.941. The molecule has 0 aromatic heterocycles. The average molecular weight is 318 g/mol. The van der Waals surface area contributed by atoms with Gasteiger partial charge in [0.05, 0.1) is 33.0 Å². The lowest BCUT2D eigenvalue weighted by atomic mass is 10.1. The zero-order valence-electron chi connectivity index (χ0n) is 14.8. The molecule has 5 nitrogen and oxygen atoms in total. The van der Waals surface area contributed by atoms with Crippen molar-refractivity contribution in [2.75, 3.05) is 46.2 Å². The molecular formula is C17H34O5. The topological polar surface area (TPSA) is 54.0 Å². The van der Waals surface area contributed by atoms with E-state index in [1.54, 1.807) is 0 Å². The van der Waals surface area contributed by atoms with Crippen molar-refractivity contribution in [3.8, 4) is 0 Å². The van der Waals surface area contributed by atoms with Gasteiger partial charge >= 0.3 is 5.97 Å². The molecule has 0 unspecified atom stereocenters. The maximum absolute atomic E-state index is 11.3. The van der Waals surface area contributed by atoms with Gasteiger partial charge in [-0.3, -0.25) is 4.79 Å². The lowest BCUT2D eigenvalue weighted by Gasteiger charge is -2.08. The van der Waals surface area contributed by atoms with Crippen molar-refractivity contribution >= 4 is 5.97 Å². The van der Waals surface area contributed by atoms with E-state index in [2.05, 4.69) is 13.8 Å². The molecular weight excluding hydrogens is 284 g/mol. The van der Waals surface area contributed by atoms with E-state index in [-0.39, 0.29) is 5.97 Å². The first-order valence-corrected chi connectivity index (χ1v) is 8.41. The Morgan fingerprint density at radius 1 is 0.773 bits per heavy atom. The summed E-state index contributed by atoms with van der Waals surface area (Å²) in [6.07, 6.45) is 2.19. The molecule has 0 rings (SSSR count). The number of carbonyl (C=O) groups is 1. The van der Waals surface area contributed by atoms with E-state index in [0.29, 0.717) is 64.3 Å². The van der Waals surface area contributed by atoms with Gasteiger partial charge in [0.1, 0.15) is 0 Å². The van der Waals surface area contributed by atoms with E-state index >= 15 is 0 Å². The Kier molecular flexibility index (Phi) is 14.8. The first-order chi connectivity index (χ1) is 10.5. The molecule has 0 saturated heterocycles. The highest BCUT2D eigenvalue weighted by atomic mass is 16.5. The number of hydrogen-bond donors (Lipinski definition) is 0. The molecule has 0 N–H and O–H groups in total. The fourth-order valence-corrected chi connectivity index (χ4v) is 1.51.